The summed E-state index contributed by atoms with van der Waals surface area (Å²) < 4.78 is 22.1. The number of amides is 2. The van der Waals surface area contributed by atoms with Gasteiger partial charge < -0.3 is 23.8 Å². The van der Waals surface area contributed by atoms with Crippen molar-refractivity contribution in [2.45, 2.75) is 72.0 Å². The Labute approximate surface area is 202 Å². The van der Waals surface area contributed by atoms with Crippen molar-refractivity contribution in [3.8, 4) is 0 Å². The smallest absolute Gasteiger partial charge is 0.410 e. The first-order valence-corrected chi connectivity index (χ1v) is 11.9. The fraction of sp³-hybridized carbons (Fsp3) is 0.640. The first-order chi connectivity index (χ1) is 16.1. The lowest BCUT2D eigenvalue weighted by Crippen LogP contribution is -2.52. The number of carbonyl (C=O) groups excluding carboxylic acids is 3. The molecule has 0 bridgehead atoms. The molecule has 1 atom stereocenters. The van der Waals surface area contributed by atoms with E-state index in [1.54, 1.807) is 20.8 Å². The van der Waals surface area contributed by atoms with Crippen LogP contribution in [0, 0.1) is 0 Å². The predicted octanol–water partition coefficient (Wildman–Crippen LogP) is 3.36. The minimum Gasteiger partial charge on any atom is -0.459 e. The van der Waals surface area contributed by atoms with E-state index in [4.69, 9.17) is 18.9 Å². The van der Waals surface area contributed by atoms with Gasteiger partial charge in [0.05, 0.1) is 6.54 Å². The number of nitrogens with zero attached hydrogens (tertiary/aromatic N) is 2. The Balaban J connectivity index is 2.12. The summed E-state index contributed by atoms with van der Waals surface area (Å²) >= 11 is 0. The molecule has 0 spiro atoms. The van der Waals surface area contributed by atoms with E-state index >= 15 is 0 Å². The molecule has 9 heteroatoms. The first kappa shape index (κ1) is 27.6. The molecule has 9 nitrogen and oxygen atoms in total. The molecule has 1 aromatic rings. The fourth-order valence-corrected chi connectivity index (χ4v) is 3.72. The van der Waals surface area contributed by atoms with Crippen LogP contribution in [0.4, 0.5) is 4.79 Å². The Kier molecular flexibility index (Phi) is 10.8. The summed E-state index contributed by atoms with van der Waals surface area (Å²) in [4.78, 5) is 41.7. The predicted molar refractivity (Wildman–Crippen MR) is 126 cm³/mol. The van der Waals surface area contributed by atoms with Gasteiger partial charge in [-0.3, -0.25) is 14.5 Å². The van der Waals surface area contributed by atoms with E-state index < -0.39 is 30.0 Å². The quantitative estimate of drug-likeness (QED) is 0.356. The van der Waals surface area contributed by atoms with E-state index in [9.17, 15) is 14.4 Å². The molecule has 1 fully saturated rings. The zero-order valence-electron chi connectivity index (χ0n) is 21.0. The van der Waals surface area contributed by atoms with Gasteiger partial charge in [0.2, 0.25) is 5.91 Å². The molecule has 1 saturated heterocycles. The van der Waals surface area contributed by atoms with Gasteiger partial charge in [-0.25, -0.2) is 4.79 Å². The number of esters is 1. The summed E-state index contributed by atoms with van der Waals surface area (Å²) in [5.74, 6) is -0.895. The number of ether oxygens (including phenoxy) is 4. The normalized spacial score (nSPS) is 15.9. The maximum atomic E-state index is 13.5. The minimum atomic E-state index is -0.727. The molecule has 0 unspecified atom stereocenters. The number of carbonyl (C=O) groups is 3. The van der Waals surface area contributed by atoms with Crippen LogP contribution in [0.15, 0.2) is 30.3 Å². The molecule has 0 aromatic heterocycles. The second-order valence-corrected chi connectivity index (χ2v) is 9.04. The Bertz CT molecular complexity index is 788. The summed E-state index contributed by atoms with van der Waals surface area (Å²) in [5.41, 5.74) is 0.173. The van der Waals surface area contributed by atoms with Gasteiger partial charge in [0.15, 0.2) is 6.29 Å². The molecule has 190 valence electrons. The summed E-state index contributed by atoms with van der Waals surface area (Å²) in [6, 6.07) is 8.63. The average molecular weight is 479 g/mol. The molecule has 1 heterocycles. The lowest BCUT2D eigenvalue weighted by Gasteiger charge is -2.32. The van der Waals surface area contributed by atoms with Crippen molar-refractivity contribution in [3.05, 3.63) is 35.9 Å². The van der Waals surface area contributed by atoms with Crippen LogP contribution in [0.3, 0.4) is 0 Å². The molecule has 0 radical (unpaired) electrons. The van der Waals surface area contributed by atoms with Gasteiger partial charge in [0.25, 0.3) is 0 Å². The van der Waals surface area contributed by atoms with E-state index in [1.807, 2.05) is 44.2 Å². The summed E-state index contributed by atoms with van der Waals surface area (Å²) in [5, 5.41) is 0. The van der Waals surface area contributed by atoms with Crippen LogP contribution in [0.1, 0.15) is 53.0 Å². The van der Waals surface area contributed by atoms with E-state index in [-0.39, 0.29) is 25.6 Å². The van der Waals surface area contributed by atoms with Gasteiger partial charge in [-0.15, -0.1) is 0 Å². The van der Waals surface area contributed by atoms with Crippen molar-refractivity contribution < 1.29 is 33.3 Å². The van der Waals surface area contributed by atoms with Crippen molar-refractivity contribution in [2.75, 3.05) is 32.8 Å². The third kappa shape index (κ3) is 8.95. The number of hydrogen-bond acceptors (Lipinski definition) is 7. The van der Waals surface area contributed by atoms with Crippen LogP contribution in [-0.2, 0) is 35.1 Å². The Morgan fingerprint density at radius 3 is 2.32 bits per heavy atom. The minimum absolute atomic E-state index is 0.0448. The fourth-order valence-electron chi connectivity index (χ4n) is 3.72. The van der Waals surface area contributed by atoms with Gasteiger partial charge in [-0.1, -0.05) is 30.3 Å². The highest BCUT2D eigenvalue weighted by atomic mass is 16.7. The largest absolute Gasteiger partial charge is 0.459 e. The van der Waals surface area contributed by atoms with E-state index in [2.05, 4.69) is 0 Å². The molecule has 0 aliphatic carbocycles. The third-order valence-electron chi connectivity index (χ3n) is 5.10. The number of hydrogen-bond donors (Lipinski definition) is 0. The zero-order valence-corrected chi connectivity index (χ0v) is 21.0. The van der Waals surface area contributed by atoms with Crippen molar-refractivity contribution >= 4 is 18.0 Å². The highest BCUT2D eigenvalue weighted by Crippen LogP contribution is 2.22. The van der Waals surface area contributed by atoms with Gasteiger partial charge in [0, 0.05) is 19.8 Å². The molecular weight excluding hydrogens is 440 g/mol. The first-order valence-electron chi connectivity index (χ1n) is 11.9. The van der Waals surface area contributed by atoms with E-state index in [0.29, 0.717) is 32.6 Å². The molecule has 0 N–H and O–H groups in total. The van der Waals surface area contributed by atoms with Crippen molar-refractivity contribution in [1.82, 2.24) is 9.80 Å². The average Bonchev–Trinajstić information content (AvgIpc) is 3.26. The second kappa shape index (κ2) is 13.3. The summed E-state index contributed by atoms with van der Waals surface area (Å²) in [7, 11) is 0. The lowest BCUT2D eigenvalue weighted by atomic mass is 10.2. The SMILES string of the molecule is CCOC(CN(CC(=O)OC(C)(C)C)C(=O)[C@@H]1CCCN1C(=O)OCc1ccccc1)OCC. The Morgan fingerprint density at radius 1 is 1.09 bits per heavy atom. The van der Waals surface area contributed by atoms with Gasteiger partial charge in [-0.2, -0.15) is 0 Å². The van der Waals surface area contributed by atoms with Crippen LogP contribution in [0.25, 0.3) is 0 Å². The van der Waals surface area contributed by atoms with Crippen molar-refractivity contribution in [1.29, 1.82) is 0 Å². The van der Waals surface area contributed by atoms with E-state index in [1.165, 1.54) is 9.80 Å². The van der Waals surface area contributed by atoms with Gasteiger partial charge in [0.1, 0.15) is 24.8 Å². The third-order valence-corrected chi connectivity index (χ3v) is 5.10. The van der Waals surface area contributed by atoms with E-state index in [0.717, 1.165) is 5.56 Å². The Hall–Kier alpha value is -2.65. The number of rotatable bonds is 11. The van der Waals surface area contributed by atoms with Gasteiger partial charge in [-0.05, 0) is 53.0 Å². The van der Waals surface area contributed by atoms with Crippen LogP contribution < -0.4 is 0 Å². The topological polar surface area (TPSA) is 94.6 Å². The molecule has 34 heavy (non-hydrogen) atoms. The number of likely N-dealkylation sites (tertiary alicyclic amines) is 1. The molecule has 1 aliphatic heterocycles. The number of benzene rings is 1. The van der Waals surface area contributed by atoms with Crippen molar-refractivity contribution in [2.24, 2.45) is 0 Å². The summed E-state index contributed by atoms with van der Waals surface area (Å²) in [6.07, 6.45) is -0.0977. The molecular formula is C25H38N2O7. The lowest BCUT2D eigenvalue weighted by molar-refractivity contribution is -0.170. The van der Waals surface area contributed by atoms with Crippen LogP contribution >= 0.6 is 0 Å². The molecule has 1 aliphatic rings. The van der Waals surface area contributed by atoms with Gasteiger partial charge >= 0.3 is 12.1 Å². The highest BCUT2D eigenvalue weighted by molar-refractivity contribution is 5.89. The Morgan fingerprint density at radius 2 is 1.74 bits per heavy atom. The molecule has 1 aromatic carbocycles. The van der Waals surface area contributed by atoms with Crippen LogP contribution in [0.2, 0.25) is 0 Å². The maximum Gasteiger partial charge on any atom is 0.410 e. The van der Waals surface area contributed by atoms with Crippen molar-refractivity contribution in [3.63, 3.8) is 0 Å². The zero-order chi connectivity index (χ0) is 25.1. The maximum absolute atomic E-state index is 13.5. The molecule has 2 rings (SSSR count). The molecule has 0 saturated carbocycles. The molecule has 2 amide bonds. The van der Waals surface area contributed by atoms with Crippen LogP contribution in [-0.4, -0.2) is 78.6 Å². The standard InChI is InChI=1S/C25H38N2O7/c1-6-31-22(32-7-2)17-26(16-21(28)34-25(3,4)5)23(29)20-14-11-15-27(20)24(30)33-18-19-12-9-8-10-13-19/h8-10,12-13,20,22H,6-7,11,14-18H2,1-5H3/t20-/m0/s1. The van der Waals surface area contributed by atoms with Crippen LogP contribution in [0.5, 0.6) is 0 Å². The summed E-state index contributed by atoms with van der Waals surface area (Å²) in [6.45, 7) is 10.0. The second-order valence-electron chi connectivity index (χ2n) is 9.04. The highest BCUT2D eigenvalue weighted by Gasteiger charge is 2.39. The monoisotopic (exact) mass is 478 g/mol.